The molecule has 0 atom stereocenters. The molecular formula is C25H34N4O2. The number of carbonyl (C=O) groups is 2. The number of piperazine rings is 1. The predicted molar refractivity (Wildman–Crippen MR) is 124 cm³/mol. The minimum Gasteiger partial charge on any atom is -0.339 e. The Hall–Kier alpha value is -2.86. The molecule has 2 aromatic carbocycles. The lowest BCUT2D eigenvalue weighted by molar-refractivity contribution is -0.131. The van der Waals surface area contributed by atoms with Crippen LogP contribution in [-0.4, -0.2) is 73.0 Å². The second-order valence-electron chi connectivity index (χ2n) is 8.34. The van der Waals surface area contributed by atoms with Gasteiger partial charge in [0.2, 0.25) is 5.91 Å². The molecule has 6 nitrogen and oxygen atoms in total. The van der Waals surface area contributed by atoms with Crippen molar-refractivity contribution in [3.8, 4) is 0 Å². The van der Waals surface area contributed by atoms with Gasteiger partial charge in [0.05, 0.1) is 6.42 Å². The summed E-state index contributed by atoms with van der Waals surface area (Å²) >= 11 is 0. The summed E-state index contributed by atoms with van der Waals surface area (Å²) in [5.41, 5.74) is 3.52. The maximum absolute atomic E-state index is 12.5. The number of carbonyl (C=O) groups excluding carboxylic acids is 2. The van der Waals surface area contributed by atoms with Gasteiger partial charge in [-0.2, -0.15) is 0 Å². The van der Waals surface area contributed by atoms with Crippen LogP contribution in [-0.2, 0) is 17.8 Å². The lowest BCUT2D eigenvalue weighted by Gasteiger charge is -2.34. The van der Waals surface area contributed by atoms with Crippen LogP contribution in [0.25, 0.3) is 0 Å². The number of hydrogen-bond acceptors (Lipinski definition) is 3. The highest BCUT2D eigenvalue weighted by molar-refractivity contribution is 5.79. The summed E-state index contributed by atoms with van der Waals surface area (Å²) in [5.74, 6) is 0.130. The number of urea groups is 1. The Kier molecular flexibility index (Phi) is 8.47. The topological polar surface area (TPSA) is 55.9 Å². The van der Waals surface area contributed by atoms with Crippen molar-refractivity contribution in [3.05, 3.63) is 71.3 Å². The van der Waals surface area contributed by atoms with E-state index in [1.807, 2.05) is 47.1 Å². The minimum absolute atomic E-state index is 0.0312. The number of benzene rings is 2. The largest absolute Gasteiger partial charge is 0.339 e. The average Bonchev–Trinajstić information content (AvgIpc) is 2.79. The van der Waals surface area contributed by atoms with E-state index in [2.05, 4.69) is 41.5 Å². The van der Waals surface area contributed by atoms with Crippen LogP contribution < -0.4 is 5.32 Å². The first-order chi connectivity index (χ1) is 15.0. The highest BCUT2D eigenvalue weighted by Gasteiger charge is 2.23. The van der Waals surface area contributed by atoms with Crippen molar-refractivity contribution in [2.45, 2.75) is 26.3 Å². The molecule has 1 saturated heterocycles. The van der Waals surface area contributed by atoms with Crippen molar-refractivity contribution in [3.63, 3.8) is 0 Å². The Morgan fingerprint density at radius 3 is 2.23 bits per heavy atom. The Morgan fingerprint density at radius 2 is 1.55 bits per heavy atom. The van der Waals surface area contributed by atoms with Gasteiger partial charge in [0.25, 0.3) is 0 Å². The Morgan fingerprint density at radius 1 is 0.903 bits per heavy atom. The molecule has 31 heavy (non-hydrogen) atoms. The third kappa shape index (κ3) is 7.40. The normalized spacial score (nSPS) is 14.0. The van der Waals surface area contributed by atoms with Gasteiger partial charge < -0.3 is 20.0 Å². The number of rotatable bonds is 8. The summed E-state index contributed by atoms with van der Waals surface area (Å²) < 4.78 is 0. The molecule has 0 aliphatic carbocycles. The number of hydrogen-bond donors (Lipinski definition) is 1. The molecule has 2 aromatic rings. The fourth-order valence-corrected chi connectivity index (χ4v) is 3.78. The van der Waals surface area contributed by atoms with Gasteiger partial charge in [-0.1, -0.05) is 60.2 Å². The van der Waals surface area contributed by atoms with E-state index in [1.165, 1.54) is 11.1 Å². The molecule has 0 unspecified atom stereocenters. The van der Waals surface area contributed by atoms with Crippen molar-refractivity contribution in [1.82, 2.24) is 20.0 Å². The van der Waals surface area contributed by atoms with Gasteiger partial charge in [-0.25, -0.2) is 4.79 Å². The molecule has 0 aromatic heterocycles. The molecule has 0 radical (unpaired) electrons. The highest BCUT2D eigenvalue weighted by atomic mass is 16.2. The smallest absolute Gasteiger partial charge is 0.317 e. The van der Waals surface area contributed by atoms with Crippen LogP contribution in [0, 0.1) is 6.92 Å². The third-order valence-electron chi connectivity index (χ3n) is 5.68. The van der Waals surface area contributed by atoms with Crippen LogP contribution in [0.4, 0.5) is 4.79 Å². The molecular weight excluding hydrogens is 388 g/mol. The van der Waals surface area contributed by atoms with E-state index < -0.39 is 0 Å². The van der Waals surface area contributed by atoms with Crippen molar-refractivity contribution in [1.29, 1.82) is 0 Å². The average molecular weight is 423 g/mol. The van der Waals surface area contributed by atoms with Crippen molar-refractivity contribution < 1.29 is 9.59 Å². The molecule has 0 saturated carbocycles. The van der Waals surface area contributed by atoms with E-state index in [-0.39, 0.29) is 11.9 Å². The molecule has 1 aliphatic rings. The van der Waals surface area contributed by atoms with Crippen LogP contribution >= 0.6 is 0 Å². The van der Waals surface area contributed by atoms with E-state index in [0.717, 1.165) is 25.1 Å². The zero-order valence-corrected chi connectivity index (χ0v) is 18.7. The molecule has 1 aliphatic heterocycles. The summed E-state index contributed by atoms with van der Waals surface area (Å²) in [6.07, 6.45) is 1.33. The van der Waals surface area contributed by atoms with E-state index in [1.54, 1.807) is 0 Å². The van der Waals surface area contributed by atoms with Gasteiger partial charge in [-0.15, -0.1) is 0 Å². The monoisotopic (exact) mass is 422 g/mol. The van der Waals surface area contributed by atoms with Crippen LogP contribution in [0.3, 0.4) is 0 Å². The van der Waals surface area contributed by atoms with E-state index in [0.29, 0.717) is 39.1 Å². The van der Waals surface area contributed by atoms with Crippen LogP contribution in [0.1, 0.15) is 23.1 Å². The molecule has 1 N–H and O–H groups in total. The van der Waals surface area contributed by atoms with Crippen LogP contribution in [0.5, 0.6) is 0 Å². The molecule has 0 spiro atoms. The summed E-state index contributed by atoms with van der Waals surface area (Å²) in [6, 6.07) is 18.4. The fourth-order valence-electron chi connectivity index (χ4n) is 3.78. The Bertz CT molecular complexity index is 830. The quantitative estimate of drug-likeness (QED) is 0.666. The highest BCUT2D eigenvalue weighted by Crippen LogP contribution is 2.09. The lowest BCUT2D eigenvalue weighted by Crippen LogP contribution is -2.53. The van der Waals surface area contributed by atoms with E-state index in [9.17, 15) is 9.59 Å². The van der Waals surface area contributed by atoms with Crippen LogP contribution in [0.2, 0.25) is 0 Å². The number of amides is 3. The summed E-state index contributed by atoms with van der Waals surface area (Å²) in [5, 5.41) is 3.02. The number of nitrogens with zero attached hydrogens (tertiary/aromatic N) is 3. The van der Waals surface area contributed by atoms with Gasteiger partial charge in [0, 0.05) is 39.3 Å². The number of nitrogens with one attached hydrogen (secondary N) is 1. The standard InChI is InChI=1S/C25H34N4O2/c1-21-9-11-22(12-10-21)19-24(30)28-15-17-29(18-16-28)25(31)26-13-6-14-27(2)20-23-7-4-3-5-8-23/h3-5,7-12H,6,13-20H2,1-2H3,(H,26,31). The summed E-state index contributed by atoms with van der Waals surface area (Å²) in [7, 11) is 2.10. The van der Waals surface area contributed by atoms with Gasteiger partial charge in [0.1, 0.15) is 0 Å². The molecule has 3 amide bonds. The zero-order valence-electron chi connectivity index (χ0n) is 18.7. The zero-order chi connectivity index (χ0) is 22.1. The van der Waals surface area contributed by atoms with Crippen LogP contribution in [0.15, 0.2) is 54.6 Å². The lowest BCUT2D eigenvalue weighted by atomic mass is 10.1. The summed E-state index contributed by atoms with van der Waals surface area (Å²) in [6.45, 7) is 6.89. The first-order valence-electron chi connectivity index (χ1n) is 11.1. The molecule has 6 heteroatoms. The second kappa shape index (κ2) is 11.5. The fraction of sp³-hybridized carbons (Fsp3) is 0.440. The SMILES string of the molecule is Cc1ccc(CC(=O)N2CCN(C(=O)NCCCN(C)Cc3ccccc3)CC2)cc1. The van der Waals surface area contributed by atoms with Gasteiger partial charge >= 0.3 is 6.03 Å². The van der Waals surface area contributed by atoms with Gasteiger partial charge in [-0.3, -0.25) is 4.79 Å². The Balaban J connectivity index is 1.30. The van der Waals surface area contributed by atoms with Gasteiger partial charge in [-0.05, 0) is 38.1 Å². The van der Waals surface area contributed by atoms with E-state index in [4.69, 9.17) is 0 Å². The van der Waals surface area contributed by atoms with Crippen molar-refractivity contribution in [2.75, 3.05) is 46.3 Å². The third-order valence-corrected chi connectivity index (χ3v) is 5.68. The first kappa shape index (κ1) is 22.8. The molecule has 1 heterocycles. The molecule has 0 bridgehead atoms. The summed E-state index contributed by atoms with van der Waals surface area (Å²) in [4.78, 5) is 30.9. The molecule has 166 valence electrons. The predicted octanol–water partition coefficient (Wildman–Crippen LogP) is 2.91. The molecule has 1 fully saturated rings. The number of aryl methyl sites for hydroxylation is 1. The maximum atomic E-state index is 12.5. The van der Waals surface area contributed by atoms with E-state index >= 15 is 0 Å². The van der Waals surface area contributed by atoms with Gasteiger partial charge in [0.15, 0.2) is 0 Å². The Labute approximate surface area is 185 Å². The van der Waals surface area contributed by atoms with Crippen molar-refractivity contribution in [2.24, 2.45) is 0 Å². The molecule has 3 rings (SSSR count). The second-order valence-corrected chi connectivity index (χ2v) is 8.34. The minimum atomic E-state index is -0.0312. The van der Waals surface area contributed by atoms with Crippen molar-refractivity contribution >= 4 is 11.9 Å². The maximum Gasteiger partial charge on any atom is 0.317 e. The first-order valence-corrected chi connectivity index (χ1v) is 11.1.